The van der Waals surface area contributed by atoms with Crippen molar-refractivity contribution < 1.29 is 8.42 Å². The van der Waals surface area contributed by atoms with E-state index < -0.39 is 10.0 Å². The van der Waals surface area contributed by atoms with Crippen molar-refractivity contribution >= 4 is 10.0 Å². The van der Waals surface area contributed by atoms with E-state index in [2.05, 4.69) is 39.4 Å². The van der Waals surface area contributed by atoms with Crippen molar-refractivity contribution in [3.63, 3.8) is 0 Å². The standard InChI is InChI=1S/C17H24N4O2S/c1-20(24(22,23)17-11-18-19-12-17)13-16-7-9-21(10-8-16)14-15-5-3-2-4-6-15/h2-6,11-12,16H,7-10,13-14H2,1H3,(H,18,19). The lowest BCUT2D eigenvalue weighted by Gasteiger charge is -2.33. The minimum absolute atomic E-state index is 0.228. The number of nitrogens with one attached hydrogen (secondary N) is 1. The van der Waals surface area contributed by atoms with Crippen LogP contribution >= 0.6 is 0 Å². The van der Waals surface area contributed by atoms with Gasteiger partial charge in [0, 0.05) is 26.3 Å². The molecule has 2 heterocycles. The Hall–Kier alpha value is -1.70. The summed E-state index contributed by atoms with van der Waals surface area (Å²) in [6.07, 6.45) is 4.83. The van der Waals surface area contributed by atoms with Gasteiger partial charge >= 0.3 is 0 Å². The van der Waals surface area contributed by atoms with Gasteiger partial charge in [-0.2, -0.15) is 5.10 Å². The summed E-state index contributed by atoms with van der Waals surface area (Å²) in [4.78, 5) is 2.67. The zero-order valence-corrected chi connectivity index (χ0v) is 14.7. The molecule has 3 rings (SSSR count). The van der Waals surface area contributed by atoms with Crippen molar-refractivity contribution in [2.75, 3.05) is 26.7 Å². The largest absolute Gasteiger partial charge is 0.299 e. The molecule has 7 heteroatoms. The molecule has 0 radical (unpaired) electrons. The average molecular weight is 348 g/mol. The molecule has 6 nitrogen and oxygen atoms in total. The van der Waals surface area contributed by atoms with Crippen LogP contribution in [0, 0.1) is 5.92 Å². The first-order valence-corrected chi connectivity index (χ1v) is 9.71. The summed E-state index contributed by atoms with van der Waals surface area (Å²) in [5.41, 5.74) is 1.33. The molecule has 1 aromatic carbocycles. The van der Waals surface area contributed by atoms with Gasteiger partial charge in [0.25, 0.3) is 0 Å². The topological polar surface area (TPSA) is 69.3 Å². The van der Waals surface area contributed by atoms with Crippen LogP contribution in [0.3, 0.4) is 0 Å². The quantitative estimate of drug-likeness (QED) is 0.866. The number of hydrogen-bond acceptors (Lipinski definition) is 4. The number of piperidine rings is 1. The summed E-state index contributed by atoms with van der Waals surface area (Å²) in [5.74, 6) is 0.406. The molecule has 1 aliphatic rings. The van der Waals surface area contributed by atoms with Crippen molar-refractivity contribution in [1.29, 1.82) is 0 Å². The van der Waals surface area contributed by atoms with Crippen LogP contribution in [-0.4, -0.2) is 54.5 Å². The van der Waals surface area contributed by atoms with Crippen LogP contribution in [0.5, 0.6) is 0 Å². The first-order chi connectivity index (χ1) is 11.6. The van der Waals surface area contributed by atoms with Gasteiger partial charge in [0.2, 0.25) is 10.0 Å². The monoisotopic (exact) mass is 348 g/mol. The van der Waals surface area contributed by atoms with Crippen LogP contribution in [0.15, 0.2) is 47.6 Å². The fourth-order valence-electron chi connectivity index (χ4n) is 3.19. The Labute approximate surface area is 143 Å². The van der Waals surface area contributed by atoms with Crippen LogP contribution in [0.2, 0.25) is 0 Å². The first kappa shape index (κ1) is 17.1. The van der Waals surface area contributed by atoms with Gasteiger partial charge in [0.05, 0.1) is 6.20 Å². The molecule has 0 aliphatic carbocycles. The van der Waals surface area contributed by atoms with Crippen molar-refractivity contribution in [2.45, 2.75) is 24.3 Å². The van der Waals surface area contributed by atoms with Gasteiger partial charge in [-0.15, -0.1) is 0 Å². The lowest BCUT2D eigenvalue weighted by atomic mass is 9.96. The van der Waals surface area contributed by atoms with Gasteiger partial charge < -0.3 is 0 Å². The number of H-pyrrole nitrogens is 1. The van der Waals surface area contributed by atoms with E-state index in [0.717, 1.165) is 32.5 Å². The van der Waals surface area contributed by atoms with E-state index >= 15 is 0 Å². The molecular formula is C17H24N4O2S. The number of likely N-dealkylation sites (tertiary alicyclic amines) is 1. The molecule has 0 amide bonds. The van der Waals surface area contributed by atoms with Crippen LogP contribution in [0.1, 0.15) is 18.4 Å². The maximum absolute atomic E-state index is 12.4. The molecule has 1 N–H and O–H groups in total. The summed E-state index contributed by atoms with van der Waals surface area (Å²) in [5, 5.41) is 6.29. The second-order valence-corrected chi connectivity index (χ2v) is 8.47. The predicted octanol–water partition coefficient (Wildman–Crippen LogP) is 1.94. The molecule has 1 fully saturated rings. The lowest BCUT2D eigenvalue weighted by molar-refractivity contribution is 0.166. The molecule has 1 aliphatic heterocycles. The number of hydrogen-bond donors (Lipinski definition) is 1. The van der Waals surface area contributed by atoms with Gasteiger partial charge in [-0.3, -0.25) is 10.00 Å². The van der Waals surface area contributed by atoms with Crippen molar-refractivity contribution in [1.82, 2.24) is 19.4 Å². The second-order valence-electron chi connectivity index (χ2n) is 6.42. The second kappa shape index (κ2) is 7.46. The predicted molar refractivity (Wildman–Crippen MR) is 92.8 cm³/mol. The summed E-state index contributed by atoms with van der Waals surface area (Å²) in [6, 6.07) is 10.5. The molecule has 130 valence electrons. The third-order valence-corrected chi connectivity index (χ3v) is 6.44. The van der Waals surface area contributed by atoms with Gasteiger partial charge in [-0.05, 0) is 37.4 Å². The number of benzene rings is 1. The average Bonchev–Trinajstić information content (AvgIpc) is 3.13. The Morgan fingerprint density at radius 3 is 2.58 bits per heavy atom. The zero-order chi connectivity index (χ0) is 17.0. The van der Waals surface area contributed by atoms with E-state index in [0.29, 0.717) is 12.5 Å². The Morgan fingerprint density at radius 2 is 1.96 bits per heavy atom. The highest BCUT2D eigenvalue weighted by molar-refractivity contribution is 7.89. The lowest BCUT2D eigenvalue weighted by Crippen LogP contribution is -2.39. The fraction of sp³-hybridized carbons (Fsp3) is 0.471. The maximum atomic E-state index is 12.4. The molecular weight excluding hydrogens is 324 g/mol. The smallest absolute Gasteiger partial charge is 0.245 e. The molecule has 0 atom stereocenters. The number of aromatic amines is 1. The number of sulfonamides is 1. The van der Waals surface area contributed by atoms with E-state index in [-0.39, 0.29) is 4.90 Å². The summed E-state index contributed by atoms with van der Waals surface area (Å²) in [6.45, 7) is 3.56. The summed E-state index contributed by atoms with van der Waals surface area (Å²) >= 11 is 0. The van der Waals surface area contributed by atoms with Gasteiger partial charge in [-0.25, -0.2) is 12.7 Å². The van der Waals surface area contributed by atoms with Crippen LogP contribution in [-0.2, 0) is 16.6 Å². The fourth-order valence-corrected chi connectivity index (χ4v) is 4.35. The Balaban J connectivity index is 1.50. The third-order valence-electron chi connectivity index (χ3n) is 4.65. The first-order valence-electron chi connectivity index (χ1n) is 8.27. The maximum Gasteiger partial charge on any atom is 0.245 e. The molecule has 0 bridgehead atoms. The summed E-state index contributed by atoms with van der Waals surface area (Å²) < 4.78 is 26.3. The van der Waals surface area contributed by atoms with Crippen molar-refractivity contribution in [3.05, 3.63) is 48.3 Å². The molecule has 0 spiro atoms. The van der Waals surface area contributed by atoms with Crippen molar-refractivity contribution in [2.24, 2.45) is 5.92 Å². The SMILES string of the molecule is CN(CC1CCN(Cc2ccccc2)CC1)S(=O)(=O)c1cn[nH]c1. The minimum atomic E-state index is -3.43. The number of nitrogens with zero attached hydrogens (tertiary/aromatic N) is 3. The number of rotatable bonds is 6. The summed E-state index contributed by atoms with van der Waals surface area (Å²) in [7, 11) is -1.78. The van der Waals surface area contributed by atoms with Crippen LogP contribution in [0.4, 0.5) is 0 Å². The van der Waals surface area contributed by atoms with Gasteiger partial charge in [-0.1, -0.05) is 30.3 Å². The van der Waals surface area contributed by atoms with E-state index in [1.165, 1.54) is 22.3 Å². The highest BCUT2D eigenvalue weighted by Gasteiger charge is 2.27. The van der Waals surface area contributed by atoms with Crippen molar-refractivity contribution in [3.8, 4) is 0 Å². The normalized spacial score (nSPS) is 17.4. The van der Waals surface area contributed by atoms with E-state index in [1.807, 2.05) is 6.07 Å². The van der Waals surface area contributed by atoms with E-state index in [4.69, 9.17) is 0 Å². The van der Waals surface area contributed by atoms with Crippen LogP contribution < -0.4 is 0 Å². The van der Waals surface area contributed by atoms with Crippen LogP contribution in [0.25, 0.3) is 0 Å². The molecule has 1 aromatic heterocycles. The molecule has 1 saturated heterocycles. The highest BCUT2D eigenvalue weighted by atomic mass is 32.2. The van der Waals surface area contributed by atoms with E-state index in [9.17, 15) is 8.42 Å². The number of aromatic nitrogens is 2. The molecule has 24 heavy (non-hydrogen) atoms. The third kappa shape index (κ3) is 4.03. The molecule has 2 aromatic rings. The Bertz CT molecular complexity index is 723. The highest BCUT2D eigenvalue weighted by Crippen LogP contribution is 2.22. The van der Waals surface area contributed by atoms with Gasteiger partial charge in [0.15, 0.2) is 0 Å². The zero-order valence-electron chi connectivity index (χ0n) is 13.9. The Morgan fingerprint density at radius 1 is 1.25 bits per heavy atom. The Kier molecular flexibility index (Phi) is 5.33. The van der Waals surface area contributed by atoms with Gasteiger partial charge in [0.1, 0.15) is 4.90 Å². The minimum Gasteiger partial charge on any atom is -0.299 e. The van der Waals surface area contributed by atoms with E-state index in [1.54, 1.807) is 7.05 Å². The molecule has 0 saturated carbocycles. The molecule has 0 unspecified atom stereocenters.